The summed E-state index contributed by atoms with van der Waals surface area (Å²) in [5, 5.41) is 10.5. The number of phosphoric acid groups is 2. The maximum Gasteiger partial charge on any atom is 0.472 e. The first-order chi connectivity index (χ1) is 40.3. The van der Waals surface area contributed by atoms with Crippen LogP contribution < -0.4 is 0 Å². The van der Waals surface area contributed by atoms with Gasteiger partial charge in [0.2, 0.25) is 0 Å². The molecule has 0 aromatic heterocycles. The molecule has 6 atom stereocenters. The molecule has 3 unspecified atom stereocenters. The van der Waals surface area contributed by atoms with Gasteiger partial charge in [-0.25, -0.2) is 9.13 Å². The molecule has 84 heavy (non-hydrogen) atoms. The van der Waals surface area contributed by atoms with Crippen LogP contribution in [0.15, 0.2) is 0 Å². The van der Waals surface area contributed by atoms with Crippen molar-refractivity contribution >= 4 is 39.5 Å². The Hall–Kier alpha value is -1.94. The Morgan fingerprint density at radius 1 is 0.345 bits per heavy atom. The largest absolute Gasteiger partial charge is 0.472 e. The van der Waals surface area contributed by atoms with E-state index in [0.29, 0.717) is 25.7 Å². The lowest BCUT2D eigenvalue weighted by Gasteiger charge is -2.21. The first-order valence-electron chi connectivity index (χ1n) is 33.9. The maximum absolute atomic E-state index is 13.0. The van der Waals surface area contributed by atoms with Gasteiger partial charge in [0, 0.05) is 25.7 Å². The number of ether oxygens (including phenoxy) is 4. The molecule has 0 bridgehead atoms. The highest BCUT2D eigenvalue weighted by molar-refractivity contribution is 7.47. The molecule has 0 aliphatic carbocycles. The zero-order chi connectivity index (χ0) is 62.4. The summed E-state index contributed by atoms with van der Waals surface area (Å²) in [6.45, 7) is 11.7. The highest BCUT2D eigenvalue weighted by Gasteiger charge is 2.30. The van der Waals surface area contributed by atoms with Crippen LogP contribution in [0.5, 0.6) is 0 Å². The second-order valence-electron chi connectivity index (χ2n) is 24.7. The van der Waals surface area contributed by atoms with E-state index in [1.54, 1.807) is 0 Å². The first kappa shape index (κ1) is 82.1. The van der Waals surface area contributed by atoms with E-state index in [1.807, 2.05) is 0 Å². The first-order valence-corrected chi connectivity index (χ1v) is 36.9. The fourth-order valence-electron chi connectivity index (χ4n) is 9.62. The van der Waals surface area contributed by atoms with Crippen LogP contribution in [-0.4, -0.2) is 96.7 Å². The summed E-state index contributed by atoms with van der Waals surface area (Å²) in [4.78, 5) is 72.2. The third-order valence-corrected chi connectivity index (χ3v) is 17.1. The molecule has 0 heterocycles. The number of aliphatic hydroxyl groups is 1. The smallest absolute Gasteiger partial charge is 0.462 e. The van der Waals surface area contributed by atoms with Crippen molar-refractivity contribution < 1.29 is 80.2 Å². The molecule has 0 spiro atoms. The number of esters is 4. The molecule has 498 valence electrons. The summed E-state index contributed by atoms with van der Waals surface area (Å²) in [5.41, 5.74) is 0. The number of aliphatic hydroxyl groups excluding tert-OH is 1. The molecule has 0 aromatic carbocycles. The van der Waals surface area contributed by atoms with Gasteiger partial charge in [-0.2, -0.15) is 0 Å². The molecule has 3 N–H and O–H groups in total. The lowest BCUT2D eigenvalue weighted by molar-refractivity contribution is -0.161. The van der Waals surface area contributed by atoms with Gasteiger partial charge in [0.1, 0.15) is 19.3 Å². The van der Waals surface area contributed by atoms with Gasteiger partial charge in [-0.3, -0.25) is 37.3 Å². The van der Waals surface area contributed by atoms with E-state index in [2.05, 4.69) is 48.5 Å². The Bertz CT molecular complexity index is 1670. The Morgan fingerprint density at radius 3 is 0.905 bits per heavy atom. The molecule has 0 fully saturated rings. The van der Waals surface area contributed by atoms with Crippen LogP contribution in [0, 0.1) is 17.8 Å². The Labute approximate surface area is 511 Å². The molecule has 0 aliphatic rings. The highest BCUT2D eigenvalue weighted by Crippen LogP contribution is 2.45. The van der Waals surface area contributed by atoms with Gasteiger partial charge in [0.25, 0.3) is 0 Å². The second-order valence-corrected chi connectivity index (χ2v) is 27.6. The molecule has 0 radical (unpaired) electrons. The van der Waals surface area contributed by atoms with Crippen molar-refractivity contribution in [1.82, 2.24) is 0 Å². The molecule has 0 saturated heterocycles. The second kappa shape index (κ2) is 56.3. The van der Waals surface area contributed by atoms with E-state index >= 15 is 0 Å². The van der Waals surface area contributed by atoms with E-state index in [1.165, 1.54) is 122 Å². The van der Waals surface area contributed by atoms with E-state index < -0.39 is 97.5 Å². The van der Waals surface area contributed by atoms with Gasteiger partial charge in [0.15, 0.2) is 12.2 Å². The van der Waals surface area contributed by atoms with Gasteiger partial charge in [-0.05, 0) is 43.4 Å². The standard InChI is InChI=1S/C65H126O17P2/c1-8-10-11-12-13-25-32-39-46-62(67)75-52-60(82-65(70)49-42-35-28-21-19-23-30-37-44-57(5)6)54-79-83(71,72)77-50-59(66)51-78-84(73,74)80-55-61(53-76-63(68)47-40-33-26-20-18-22-29-36-43-56(3)4)81-64(69)48-41-34-27-17-15-14-16-24-31-38-45-58(7)9-2/h56-61,66H,8-55H2,1-7H3,(H,71,72)(H,73,74)/t58?,59-,60+,61+/m0/s1. The van der Waals surface area contributed by atoms with Crippen molar-refractivity contribution in [3.05, 3.63) is 0 Å². The number of unbranched alkanes of at least 4 members (excludes halogenated alkanes) is 30. The minimum Gasteiger partial charge on any atom is -0.462 e. The number of rotatable bonds is 63. The van der Waals surface area contributed by atoms with Crippen molar-refractivity contribution in [1.29, 1.82) is 0 Å². The third-order valence-electron chi connectivity index (χ3n) is 15.2. The predicted molar refractivity (Wildman–Crippen MR) is 335 cm³/mol. The van der Waals surface area contributed by atoms with Crippen molar-refractivity contribution in [2.24, 2.45) is 17.8 Å². The average Bonchev–Trinajstić information content (AvgIpc) is 3.47. The van der Waals surface area contributed by atoms with E-state index in [-0.39, 0.29) is 25.7 Å². The van der Waals surface area contributed by atoms with Crippen molar-refractivity contribution in [3.63, 3.8) is 0 Å². The lowest BCUT2D eigenvalue weighted by atomic mass is 9.99. The SMILES string of the molecule is CCCCCCCCCCC(=O)OC[C@H](COP(=O)(O)OC[C@H](O)COP(=O)(O)OC[C@@H](COC(=O)CCCCCCCCCCC(C)C)OC(=O)CCCCCCCCCCCCC(C)CC)OC(=O)CCCCCCCCCCC(C)C. The topological polar surface area (TPSA) is 237 Å². The average molecular weight is 1240 g/mol. The summed E-state index contributed by atoms with van der Waals surface area (Å²) in [6.07, 6.45) is 37.6. The normalized spacial score (nSPS) is 14.7. The summed E-state index contributed by atoms with van der Waals surface area (Å²) in [7, 11) is -9.89. The van der Waals surface area contributed by atoms with Crippen LogP contribution in [-0.2, 0) is 65.4 Å². The summed E-state index contributed by atoms with van der Waals surface area (Å²) in [6, 6.07) is 0. The molecule has 17 nitrogen and oxygen atoms in total. The highest BCUT2D eigenvalue weighted by atomic mass is 31.2. The molecule has 0 rings (SSSR count). The number of hydrogen-bond acceptors (Lipinski definition) is 15. The Kier molecular flexibility index (Phi) is 55.0. The number of phosphoric ester groups is 2. The third kappa shape index (κ3) is 57.8. The Morgan fingerprint density at radius 2 is 0.607 bits per heavy atom. The van der Waals surface area contributed by atoms with Gasteiger partial charge in [-0.15, -0.1) is 0 Å². The number of carbonyl (C=O) groups is 4. The molecule has 0 saturated carbocycles. The van der Waals surface area contributed by atoms with Crippen LogP contribution in [0.2, 0.25) is 0 Å². The molecule has 0 aromatic rings. The maximum atomic E-state index is 13.0. The molecular formula is C65H126O17P2. The molecular weight excluding hydrogens is 1110 g/mol. The molecule has 19 heteroatoms. The van der Waals surface area contributed by atoms with Crippen molar-refractivity contribution in [3.8, 4) is 0 Å². The minimum absolute atomic E-state index is 0.104. The summed E-state index contributed by atoms with van der Waals surface area (Å²) in [5.74, 6) is 0.110. The van der Waals surface area contributed by atoms with Crippen molar-refractivity contribution in [2.45, 2.75) is 336 Å². The van der Waals surface area contributed by atoms with Gasteiger partial charge in [0.05, 0.1) is 26.4 Å². The summed E-state index contributed by atoms with van der Waals surface area (Å²) < 4.78 is 68.0. The van der Waals surface area contributed by atoms with Crippen molar-refractivity contribution in [2.75, 3.05) is 39.6 Å². The monoisotopic (exact) mass is 1240 g/mol. The fraction of sp³-hybridized carbons (Fsp3) is 0.938. The van der Waals surface area contributed by atoms with Crippen LogP contribution in [0.1, 0.15) is 318 Å². The molecule has 0 aliphatic heterocycles. The van der Waals surface area contributed by atoms with E-state index in [4.69, 9.17) is 37.0 Å². The van der Waals surface area contributed by atoms with E-state index in [9.17, 15) is 43.2 Å². The predicted octanol–water partition coefficient (Wildman–Crippen LogP) is 17.9. The number of carbonyl (C=O) groups excluding carboxylic acids is 4. The van der Waals surface area contributed by atoms with E-state index in [0.717, 1.165) is 114 Å². The van der Waals surface area contributed by atoms with Crippen LogP contribution in [0.25, 0.3) is 0 Å². The van der Waals surface area contributed by atoms with Gasteiger partial charge in [-0.1, -0.05) is 267 Å². The fourth-order valence-corrected chi connectivity index (χ4v) is 11.2. The van der Waals surface area contributed by atoms with Crippen LogP contribution in [0.4, 0.5) is 0 Å². The Balaban J connectivity index is 5.24. The summed E-state index contributed by atoms with van der Waals surface area (Å²) >= 11 is 0. The zero-order valence-electron chi connectivity index (χ0n) is 54.4. The number of hydrogen-bond donors (Lipinski definition) is 3. The zero-order valence-corrected chi connectivity index (χ0v) is 56.1. The lowest BCUT2D eigenvalue weighted by Crippen LogP contribution is -2.30. The van der Waals surface area contributed by atoms with Gasteiger partial charge >= 0.3 is 39.5 Å². The van der Waals surface area contributed by atoms with Crippen LogP contribution >= 0.6 is 15.6 Å². The van der Waals surface area contributed by atoms with Crippen LogP contribution in [0.3, 0.4) is 0 Å². The van der Waals surface area contributed by atoms with Gasteiger partial charge < -0.3 is 33.8 Å². The minimum atomic E-state index is -4.95. The quantitative estimate of drug-likeness (QED) is 0.0222. The molecule has 0 amide bonds.